The van der Waals surface area contributed by atoms with E-state index in [2.05, 4.69) is 15.0 Å². The van der Waals surface area contributed by atoms with Crippen LogP contribution in [0.5, 0.6) is 0 Å². The largest absolute Gasteiger partial charge is 0.368 e. The van der Waals surface area contributed by atoms with Gasteiger partial charge in [-0.1, -0.05) is 30.3 Å². The van der Waals surface area contributed by atoms with Gasteiger partial charge in [0, 0.05) is 23.5 Å². The van der Waals surface area contributed by atoms with Gasteiger partial charge in [0.1, 0.15) is 0 Å². The monoisotopic (exact) mass is 313 g/mol. The molecular weight excluding hydrogens is 298 g/mol. The Labute approximate surface area is 139 Å². The molecule has 2 N–H and O–H groups in total. The van der Waals surface area contributed by atoms with Crippen molar-refractivity contribution in [1.82, 2.24) is 19.9 Å². The Hall–Kier alpha value is -3.34. The highest BCUT2D eigenvalue weighted by molar-refractivity contribution is 5.84. The lowest BCUT2D eigenvalue weighted by Crippen LogP contribution is -2.00. The van der Waals surface area contributed by atoms with E-state index in [9.17, 15) is 0 Å². The first-order valence-corrected chi connectivity index (χ1v) is 7.63. The molecule has 0 amide bonds. The van der Waals surface area contributed by atoms with E-state index in [4.69, 9.17) is 10.7 Å². The van der Waals surface area contributed by atoms with Crippen molar-refractivity contribution in [2.24, 2.45) is 0 Å². The molecule has 5 heteroatoms. The molecule has 5 nitrogen and oxygen atoms in total. The number of aromatic nitrogens is 4. The molecular formula is C19H15N5. The minimum Gasteiger partial charge on any atom is -0.368 e. The Bertz CT molecular complexity index is 1030. The molecule has 4 rings (SSSR count). The maximum Gasteiger partial charge on any atom is 0.220 e. The quantitative estimate of drug-likeness (QED) is 0.611. The first-order chi connectivity index (χ1) is 11.7. The number of aryl methyl sites for hydroxylation is 1. The molecule has 4 aromatic rings. The lowest BCUT2D eigenvalue weighted by molar-refractivity contribution is 1.18. The molecule has 3 heterocycles. The molecule has 0 fully saturated rings. The highest BCUT2D eigenvalue weighted by Crippen LogP contribution is 2.30. The fraction of sp³-hybridized carbons (Fsp3) is 0.0526. The average Bonchev–Trinajstić information content (AvgIpc) is 2.63. The number of hydrogen-bond donors (Lipinski definition) is 1. The summed E-state index contributed by atoms with van der Waals surface area (Å²) in [5, 5.41) is 0. The first kappa shape index (κ1) is 14.3. The predicted octanol–water partition coefficient (Wildman–Crippen LogP) is 3.64. The van der Waals surface area contributed by atoms with Crippen LogP contribution < -0.4 is 5.73 Å². The van der Waals surface area contributed by atoms with Gasteiger partial charge < -0.3 is 5.73 Å². The lowest BCUT2D eigenvalue weighted by Gasteiger charge is -2.10. The van der Waals surface area contributed by atoms with E-state index < -0.39 is 0 Å². The van der Waals surface area contributed by atoms with Gasteiger partial charge in [0.15, 0.2) is 0 Å². The summed E-state index contributed by atoms with van der Waals surface area (Å²) in [6.07, 6.45) is 3.52. The topological polar surface area (TPSA) is 77.6 Å². The van der Waals surface area contributed by atoms with Gasteiger partial charge in [-0.3, -0.25) is 4.98 Å². The minimum absolute atomic E-state index is 0.247. The van der Waals surface area contributed by atoms with E-state index in [-0.39, 0.29) is 5.95 Å². The summed E-state index contributed by atoms with van der Waals surface area (Å²) in [6, 6.07) is 15.8. The minimum atomic E-state index is 0.247. The zero-order valence-corrected chi connectivity index (χ0v) is 13.1. The second-order valence-electron chi connectivity index (χ2n) is 5.55. The fourth-order valence-corrected chi connectivity index (χ4v) is 2.70. The van der Waals surface area contributed by atoms with Crippen LogP contribution in [0, 0.1) is 6.92 Å². The second-order valence-corrected chi connectivity index (χ2v) is 5.55. The van der Waals surface area contributed by atoms with Gasteiger partial charge in [0.2, 0.25) is 5.95 Å². The number of nitrogen functional groups attached to an aromatic ring is 1. The van der Waals surface area contributed by atoms with Crippen LogP contribution in [0.1, 0.15) is 5.56 Å². The van der Waals surface area contributed by atoms with Gasteiger partial charge in [0.05, 0.1) is 22.4 Å². The predicted molar refractivity (Wildman–Crippen MR) is 95.1 cm³/mol. The van der Waals surface area contributed by atoms with Crippen LogP contribution in [0.3, 0.4) is 0 Å². The molecule has 24 heavy (non-hydrogen) atoms. The van der Waals surface area contributed by atoms with Crippen molar-refractivity contribution in [3.63, 3.8) is 0 Å². The maximum absolute atomic E-state index is 5.80. The Morgan fingerprint density at radius 1 is 0.875 bits per heavy atom. The van der Waals surface area contributed by atoms with Crippen molar-refractivity contribution in [2.45, 2.75) is 6.92 Å². The summed E-state index contributed by atoms with van der Waals surface area (Å²) in [4.78, 5) is 17.7. The Morgan fingerprint density at radius 3 is 2.54 bits per heavy atom. The third-order valence-corrected chi connectivity index (χ3v) is 3.92. The van der Waals surface area contributed by atoms with Crippen LogP contribution in [-0.4, -0.2) is 19.9 Å². The van der Waals surface area contributed by atoms with Crippen LogP contribution in [0.25, 0.3) is 33.5 Å². The number of anilines is 1. The van der Waals surface area contributed by atoms with Crippen molar-refractivity contribution in [2.75, 3.05) is 5.73 Å². The van der Waals surface area contributed by atoms with Crippen LogP contribution in [0.2, 0.25) is 0 Å². The molecule has 116 valence electrons. The number of rotatable bonds is 2. The average molecular weight is 313 g/mol. The smallest absolute Gasteiger partial charge is 0.220 e. The molecule has 0 bridgehead atoms. The van der Waals surface area contributed by atoms with Crippen LogP contribution in [-0.2, 0) is 0 Å². The molecule has 0 aliphatic rings. The molecule has 0 atom stereocenters. The number of nitrogens with zero attached hydrogens (tertiary/aromatic N) is 4. The molecule has 0 saturated carbocycles. The van der Waals surface area contributed by atoms with E-state index in [1.165, 1.54) is 0 Å². The van der Waals surface area contributed by atoms with Crippen molar-refractivity contribution in [1.29, 1.82) is 0 Å². The number of benzene rings is 1. The zero-order valence-electron chi connectivity index (χ0n) is 13.1. The Morgan fingerprint density at radius 2 is 1.71 bits per heavy atom. The fourth-order valence-electron chi connectivity index (χ4n) is 2.70. The van der Waals surface area contributed by atoms with Crippen molar-refractivity contribution >= 4 is 17.0 Å². The lowest BCUT2D eigenvalue weighted by atomic mass is 10.0. The Balaban J connectivity index is 1.96. The van der Waals surface area contributed by atoms with Gasteiger partial charge in [-0.25, -0.2) is 15.0 Å². The molecule has 0 unspecified atom stereocenters. The number of hydrogen-bond acceptors (Lipinski definition) is 5. The molecule has 1 aromatic carbocycles. The number of pyridine rings is 2. The number of nitrogens with two attached hydrogens (primary N) is 1. The van der Waals surface area contributed by atoms with Crippen LogP contribution >= 0.6 is 0 Å². The third kappa shape index (κ3) is 2.46. The zero-order chi connectivity index (χ0) is 16.5. The van der Waals surface area contributed by atoms with E-state index in [0.717, 1.165) is 39.1 Å². The van der Waals surface area contributed by atoms with Crippen molar-refractivity contribution < 1.29 is 0 Å². The molecule has 0 saturated heterocycles. The Kier molecular flexibility index (Phi) is 3.39. The first-order valence-electron chi connectivity index (χ1n) is 7.63. The molecule has 0 aliphatic heterocycles. The molecule has 0 spiro atoms. The van der Waals surface area contributed by atoms with Crippen LogP contribution in [0.4, 0.5) is 5.95 Å². The summed E-state index contributed by atoms with van der Waals surface area (Å²) in [5.41, 5.74) is 12.0. The highest BCUT2D eigenvalue weighted by atomic mass is 15.0. The third-order valence-electron chi connectivity index (χ3n) is 3.92. The maximum atomic E-state index is 5.80. The molecule has 3 aromatic heterocycles. The van der Waals surface area contributed by atoms with Crippen molar-refractivity contribution in [3.05, 3.63) is 66.5 Å². The number of fused-ring (bicyclic) bond motifs is 1. The van der Waals surface area contributed by atoms with Gasteiger partial charge >= 0.3 is 0 Å². The van der Waals surface area contributed by atoms with E-state index in [1.807, 2.05) is 55.5 Å². The molecule has 0 aliphatic carbocycles. The van der Waals surface area contributed by atoms with Gasteiger partial charge in [0.25, 0.3) is 0 Å². The van der Waals surface area contributed by atoms with Crippen LogP contribution in [0.15, 0.2) is 60.9 Å². The van der Waals surface area contributed by atoms with E-state index in [0.29, 0.717) is 0 Å². The van der Waals surface area contributed by atoms with E-state index in [1.54, 1.807) is 12.4 Å². The van der Waals surface area contributed by atoms with Crippen molar-refractivity contribution in [3.8, 4) is 22.5 Å². The SMILES string of the molecule is Cc1ccnc2ccc(-c3cnc(N)nc3-c3ccccc3)nc12. The molecule has 0 radical (unpaired) electrons. The summed E-state index contributed by atoms with van der Waals surface area (Å²) < 4.78 is 0. The highest BCUT2D eigenvalue weighted by Gasteiger charge is 2.13. The van der Waals surface area contributed by atoms with Gasteiger partial charge in [-0.05, 0) is 30.7 Å². The summed E-state index contributed by atoms with van der Waals surface area (Å²) in [7, 11) is 0. The van der Waals surface area contributed by atoms with Gasteiger partial charge in [-0.2, -0.15) is 0 Å². The standard InChI is InChI=1S/C19H15N5/c1-12-9-10-21-16-8-7-15(23-17(12)16)14-11-22-19(20)24-18(14)13-5-3-2-4-6-13/h2-11H,1H3,(H2,20,22,24). The summed E-state index contributed by atoms with van der Waals surface area (Å²) in [6.45, 7) is 2.03. The van der Waals surface area contributed by atoms with E-state index >= 15 is 0 Å². The summed E-state index contributed by atoms with van der Waals surface area (Å²) in [5.74, 6) is 0.247. The summed E-state index contributed by atoms with van der Waals surface area (Å²) >= 11 is 0. The normalized spacial score (nSPS) is 10.9. The second kappa shape index (κ2) is 5.70. The van der Waals surface area contributed by atoms with Gasteiger partial charge in [-0.15, -0.1) is 0 Å².